The third kappa shape index (κ3) is 4.24. The molecule has 0 aromatic carbocycles. The Morgan fingerprint density at radius 3 is 1.03 bits per heavy atom. The highest BCUT2D eigenvalue weighted by Crippen LogP contribution is 2.62. The largest absolute Gasteiger partial charge is 0.389 e. The molecule has 0 amide bonds. The van der Waals surface area contributed by atoms with Crippen molar-refractivity contribution in [1.82, 2.24) is 0 Å². The molecule has 0 aliphatic carbocycles. The predicted molar refractivity (Wildman–Crippen MR) is 59.6 cm³/mol. The van der Waals surface area contributed by atoms with Crippen LogP contribution in [0, 0.1) is 0 Å². The highest BCUT2D eigenvalue weighted by Gasteiger charge is 2.92. The predicted octanol–water partition coefficient (Wildman–Crippen LogP) is 5.79. The van der Waals surface area contributed by atoms with Crippen LogP contribution in [0.4, 0.5) is 78.7 Å². The second kappa shape index (κ2) is 7.28. The Hall–Kier alpha value is -1.04. The first kappa shape index (κ1) is 28.0. The fourth-order valence-electron chi connectivity index (χ4n) is 1.59. The van der Waals surface area contributed by atoms with Gasteiger partial charge in [0, 0.05) is 12.8 Å². The molecule has 19 heteroatoms. The van der Waals surface area contributed by atoms with Gasteiger partial charge in [-0.2, -0.15) is 65.9 Å². The molecule has 0 aromatic rings. The zero-order valence-electron chi connectivity index (χ0n) is 12.9. The van der Waals surface area contributed by atoms with E-state index in [4.69, 9.17) is 0 Å². The van der Waals surface area contributed by atoms with Crippen LogP contribution in [-0.2, 0) is 0 Å². The van der Waals surface area contributed by atoms with E-state index < -0.39 is 70.0 Å². The van der Waals surface area contributed by atoms with Gasteiger partial charge in [0.2, 0.25) is 0 Å². The fraction of sp³-hybridized carbons (Fsp3) is 1.00. The Morgan fingerprint density at radius 1 is 0.414 bits per heavy atom. The van der Waals surface area contributed by atoms with E-state index in [-0.39, 0.29) is 0 Å². The standard InChI is InChI=1S/C10H6F18Si/c11-3(12,1-2-4(13,14)15)5(16,17)6(18,19)7(20,21)8(22,23)9(24,25)10(26,27)29-28/h1-2,29H2. The van der Waals surface area contributed by atoms with Crippen molar-refractivity contribution in [3.63, 3.8) is 0 Å². The number of rotatable bonds is 9. The minimum Gasteiger partial charge on any atom is -0.315 e. The van der Waals surface area contributed by atoms with Gasteiger partial charge in [0.1, 0.15) is 0 Å². The van der Waals surface area contributed by atoms with Gasteiger partial charge in [0.25, 0.3) is 0 Å². The van der Waals surface area contributed by atoms with Crippen LogP contribution in [0.3, 0.4) is 0 Å². The average molecular weight is 496 g/mol. The van der Waals surface area contributed by atoms with Gasteiger partial charge in [-0.1, -0.05) is 0 Å². The molecule has 0 fully saturated rings. The Balaban J connectivity index is 6.38. The Morgan fingerprint density at radius 2 is 0.724 bits per heavy atom. The number of alkyl halides is 17. The van der Waals surface area contributed by atoms with Gasteiger partial charge in [0.05, 0.1) is 0 Å². The normalized spacial score (nSPS) is 16.8. The molecule has 0 N–H and O–H groups in total. The smallest absolute Gasteiger partial charge is 0.315 e. The van der Waals surface area contributed by atoms with Gasteiger partial charge >= 0.3 is 57.1 Å². The molecule has 176 valence electrons. The second-order valence-electron chi connectivity index (χ2n) is 5.53. The third-order valence-corrected chi connectivity index (χ3v) is 4.17. The summed E-state index contributed by atoms with van der Waals surface area (Å²) in [6.07, 6.45) is -12.2. The highest BCUT2D eigenvalue weighted by atomic mass is 28.3. The molecule has 0 radical (unpaired) electrons. The molecule has 0 nitrogen and oxygen atoms in total. The van der Waals surface area contributed by atoms with E-state index in [9.17, 15) is 78.7 Å². The Kier molecular flexibility index (Phi) is 7.02. The lowest BCUT2D eigenvalue weighted by Gasteiger charge is -2.42. The van der Waals surface area contributed by atoms with Crippen LogP contribution in [0.25, 0.3) is 0 Å². The van der Waals surface area contributed by atoms with Gasteiger partial charge in [-0.3, -0.25) is 0 Å². The molecular formula is C10H6F18Si. The average Bonchev–Trinajstić information content (AvgIpc) is 2.51. The van der Waals surface area contributed by atoms with E-state index in [0.717, 1.165) is 0 Å². The lowest BCUT2D eigenvalue weighted by atomic mass is 9.90. The van der Waals surface area contributed by atoms with Crippen molar-refractivity contribution in [2.75, 3.05) is 0 Å². The maximum Gasteiger partial charge on any atom is 0.389 e. The summed E-state index contributed by atoms with van der Waals surface area (Å²) in [6, 6.07) is 0. The summed E-state index contributed by atoms with van der Waals surface area (Å²) in [5.74, 6) is -47.4. The molecule has 0 spiro atoms. The molecule has 0 aliphatic heterocycles. The Labute approximate surface area is 150 Å². The van der Waals surface area contributed by atoms with E-state index in [0.29, 0.717) is 0 Å². The van der Waals surface area contributed by atoms with Crippen LogP contribution in [-0.4, -0.2) is 57.1 Å². The number of hydrogen-bond donors (Lipinski definition) is 0. The topological polar surface area (TPSA) is 0 Å². The zero-order chi connectivity index (χ0) is 24.1. The Bertz CT molecular complexity index is 574. The number of hydrogen-bond acceptors (Lipinski definition) is 0. The molecule has 0 saturated heterocycles. The van der Waals surface area contributed by atoms with Gasteiger partial charge in [-0.25, -0.2) is 8.78 Å². The van der Waals surface area contributed by atoms with Crippen molar-refractivity contribution in [3.8, 4) is 0 Å². The fourth-order valence-corrected chi connectivity index (χ4v) is 1.98. The van der Waals surface area contributed by atoms with Crippen LogP contribution < -0.4 is 0 Å². The molecule has 0 unspecified atom stereocenters. The summed E-state index contributed by atoms with van der Waals surface area (Å²) in [6.45, 7) is 0. The van der Waals surface area contributed by atoms with E-state index in [1.54, 1.807) is 0 Å². The summed E-state index contributed by atoms with van der Waals surface area (Å²) < 4.78 is 229. The SMILES string of the molecule is F[SiH2]C(F)(F)C(F)(F)C(F)(F)C(F)(F)C(F)(F)C(F)(F)C(F)(F)CCC(F)(F)F. The van der Waals surface area contributed by atoms with E-state index in [2.05, 4.69) is 0 Å². The van der Waals surface area contributed by atoms with Crippen LogP contribution in [0.15, 0.2) is 0 Å². The van der Waals surface area contributed by atoms with Gasteiger partial charge in [-0.05, 0) is 0 Å². The molecule has 0 rings (SSSR count). The summed E-state index contributed by atoms with van der Waals surface area (Å²) in [4.78, 5) is 0. The first-order chi connectivity index (χ1) is 12.3. The van der Waals surface area contributed by atoms with Crippen LogP contribution in [0.2, 0.25) is 0 Å². The van der Waals surface area contributed by atoms with Crippen molar-refractivity contribution in [3.05, 3.63) is 0 Å². The van der Waals surface area contributed by atoms with Crippen molar-refractivity contribution in [2.24, 2.45) is 0 Å². The molecular weight excluding hydrogens is 490 g/mol. The summed E-state index contributed by atoms with van der Waals surface area (Å²) in [5, 5.41) is 0. The van der Waals surface area contributed by atoms with Gasteiger partial charge in [-0.15, -0.1) is 0 Å². The van der Waals surface area contributed by atoms with Crippen LogP contribution in [0.5, 0.6) is 0 Å². The van der Waals surface area contributed by atoms with E-state index in [1.807, 2.05) is 0 Å². The van der Waals surface area contributed by atoms with Crippen LogP contribution in [0.1, 0.15) is 12.8 Å². The summed E-state index contributed by atoms with van der Waals surface area (Å²) in [7, 11) is -5.23. The quantitative estimate of drug-likeness (QED) is 0.216. The van der Waals surface area contributed by atoms with Gasteiger partial charge in [0.15, 0.2) is 0 Å². The molecule has 0 atom stereocenters. The molecule has 0 bridgehead atoms. The molecule has 0 saturated carbocycles. The summed E-state index contributed by atoms with van der Waals surface area (Å²) in [5.41, 5.74) is -6.72. The van der Waals surface area contributed by atoms with Crippen molar-refractivity contribution < 1.29 is 78.7 Å². The van der Waals surface area contributed by atoms with E-state index >= 15 is 0 Å². The zero-order valence-corrected chi connectivity index (χ0v) is 14.3. The minimum atomic E-state index is -8.40. The van der Waals surface area contributed by atoms with Gasteiger partial charge < -0.3 is 4.11 Å². The first-order valence-corrected chi connectivity index (χ1v) is 7.78. The number of halogens is 18. The maximum absolute atomic E-state index is 13.2. The first-order valence-electron chi connectivity index (χ1n) is 6.54. The maximum atomic E-state index is 13.2. The summed E-state index contributed by atoms with van der Waals surface area (Å²) >= 11 is 0. The lowest BCUT2D eigenvalue weighted by molar-refractivity contribution is -0.436. The molecule has 0 aliphatic rings. The van der Waals surface area contributed by atoms with Crippen molar-refractivity contribution >= 4 is 9.85 Å². The minimum absolute atomic E-state index is 3.03. The molecule has 29 heavy (non-hydrogen) atoms. The molecule has 0 heterocycles. The van der Waals surface area contributed by atoms with Crippen LogP contribution >= 0.6 is 0 Å². The van der Waals surface area contributed by atoms with Crippen molar-refractivity contribution in [1.29, 1.82) is 0 Å². The van der Waals surface area contributed by atoms with Crippen molar-refractivity contribution in [2.45, 2.75) is 60.1 Å². The third-order valence-electron chi connectivity index (χ3n) is 3.39. The lowest BCUT2D eigenvalue weighted by Crippen LogP contribution is -2.73. The van der Waals surface area contributed by atoms with E-state index in [1.165, 1.54) is 0 Å². The second-order valence-corrected chi connectivity index (χ2v) is 6.69. The molecule has 0 aromatic heterocycles. The highest BCUT2D eigenvalue weighted by molar-refractivity contribution is 6.30. The monoisotopic (exact) mass is 496 g/mol.